The molecular formula is C18H21NO3. The molecule has 22 heavy (non-hydrogen) atoms. The third-order valence-corrected chi connectivity index (χ3v) is 5.28. The second-order valence-corrected chi connectivity index (χ2v) is 6.25. The van der Waals surface area contributed by atoms with E-state index < -0.39 is 6.10 Å². The predicted octanol–water partition coefficient (Wildman–Crippen LogP) is 1.88. The molecule has 0 fully saturated rings. The summed E-state index contributed by atoms with van der Waals surface area (Å²) in [4.78, 5) is 0. The highest BCUT2D eigenvalue weighted by Gasteiger charge is 2.58. The lowest BCUT2D eigenvalue weighted by molar-refractivity contribution is 0.0101. The van der Waals surface area contributed by atoms with Crippen LogP contribution in [0.25, 0.3) is 6.08 Å². The average Bonchev–Trinajstić information content (AvgIpc) is 2.90. The van der Waals surface area contributed by atoms with E-state index in [2.05, 4.69) is 29.6 Å². The highest BCUT2D eigenvalue weighted by Crippen LogP contribution is 2.59. The van der Waals surface area contributed by atoms with E-state index in [0.29, 0.717) is 0 Å². The Balaban J connectivity index is 1.97. The minimum Gasteiger partial charge on any atom is -0.493 e. The van der Waals surface area contributed by atoms with Crippen molar-refractivity contribution in [3.05, 3.63) is 41.5 Å². The summed E-state index contributed by atoms with van der Waals surface area (Å²) in [5.41, 5.74) is 2.15. The maximum absolute atomic E-state index is 10.5. The van der Waals surface area contributed by atoms with Gasteiger partial charge in [0.2, 0.25) is 0 Å². The number of ether oxygens (including phenoxy) is 2. The van der Waals surface area contributed by atoms with Crippen molar-refractivity contribution in [2.24, 2.45) is 5.92 Å². The number of hydrogen-bond acceptors (Lipinski definition) is 4. The van der Waals surface area contributed by atoms with Crippen LogP contribution in [0, 0.1) is 5.92 Å². The fourth-order valence-corrected chi connectivity index (χ4v) is 4.30. The Morgan fingerprint density at radius 1 is 1.32 bits per heavy atom. The standard InChI is InChI=1S/C18H21NO3/c1-19-10-9-18-12-5-3-11-4-8-14(21-2)16(15(11)18)22-17(18)13(20)7-6-12/h3-8,12-13,17,19-20H,9-10H2,1-2H3/t12-,13+,17+,18+/m0/s1. The molecule has 1 aliphatic heterocycles. The van der Waals surface area contributed by atoms with Crippen LogP contribution < -0.4 is 14.8 Å². The molecule has 2 N–H and O–H groups in total. The van der Waals surface area contributed by atoms with Crippen LogP contribution in [0.4, 0.5) is 0 Å². The summed E-state index contributed by atoms with van der Waals surface area (Å²) in [6.07, 6.45) is 8.44. The summed E-state index contributed by atoms with van der Waals surface area (Å²) in [6, 6.07) is 4.03. The molecule has 0 spiro atoms. The Morgan fingerprint density at radius 2 is 2.18 bits per heavy atom. The molecule has 0 bridgehead atoms. The molecule has 0 saturated carbocycles. The van der Waals surface area contributed by atoms with Gasteiger partial charge in [-0.2, -0.15) is 0 Å². The first kappa shape index (κ1) is 13.9. The number of rotatable bonds is 4. The van der Waals surface area contributed by atoms with Gasteiger partial charge in [0.15, 0.2) is 11.5 Å². The van der Waals surface area contributed by atoms with Crippen molar-refractivity contribution in [3.8, 4) is 11.5 Å². The summed E-state index contributed by atoms with van der Waals surface area (Å²) in [6.45, 7) is 0.876. The molecule has 0 amide bonds. The molecule has 3 aliphatic rings. The summed E-state index contributed by atoms with van der Waals surface area (Å²) < 4.78 is 11.7. The molecule has 1 aromatic rings. The number of allylic oxidation sites excluding steroid dienone is 2. The van der Waals surface area contributed by atoms with Gasteiger partial charge in [0, 0.05) is 11.5 Å². The first-order valence-electron chi connectivity index (χ1n) is 7.79. The third-order valence-electron chi connectivity index (χ3n) is 5.28. The van der Waals surface area contributed by atoms with Crippen LogP contribution in [0.15, 0.2) is 30.4 Å². The van der Waals surface area contributed by atoms with Gasteiger partial charge in [0.25, 0.3) is 0 Å². The summed E-state index contributed by atoms with van der Waals surface area (Å²) in [5.74, 6) is 1.80. The van der Waals surface area contributed by atoms with Crippen molar-refractivity contribution in [3.63, 3.8) is 0 Å². The van der Waals surface area contributed by atoms with E-state index in [1.165, 1.54) is 11.1 Å². The average molecular weight is 299 g/mol. The third kappa shape index (κ3) is 1.59. The second-order valence-electron chi connectivity index (χ2n) is 6.25. The number of aliphatic hydroxyl groups excluding tert-OH is 1. The van der Waals surface area contributed by atoms with E-state index in [9.17, 15) is 5.11 Å². The van der Waals surface area contributed by atoms with Gasteiger partial charge in [-0.05, 0) is 31.6 Å². The maximum atomic E-state index is 10.5. The van der Waals surface area contributed by atoms with Crippen molar-refractivity contribution in [1.29, 1.82) is 0 Å². The van der Waals surface area contributed by atoms with Crippen LogP contribution in [0.1, 0.15) is 17.5 Å². The van der Waals surface area contributed by atoms with Gasteiger partial charge in [0.1, 0.15) is 12.2 Å². The van der Waals surface area contributed by atoms with E-state index in [4.69, 9.17) is 9.47 Å². The lowest BCUT2D eigenvalue weighted by Crippen LogP contribution is -2.53. The Bertz CT molecular complexity index is 667. The first-order valence-corrected chi connectivity index (χ1v) is 7.79. The van der Waals surface area contributed by atoms with E-state index in [0.717, 1.165) is 24.5 Å². The topological polar surface area (TPSA) is 50.7 Å². The molecule has 0 unspecified atom stereocenters. The molecule has 4 heteroatoms. The van der Waals surface area contributed by atoms with E-state index in [1.807, 2.05) is 19.2 Å². The summed E-state index contributed by atoms with van der Waals surface area (Å²) >= 11 is 0. The van der Waals surface area contributed by atoms with Crippen LogP contribution in [-0.4, -0.2) is 38.0 Å². The molecule has 4 nitrogen and oxygen atoms in total. The second kappa shape index (κ2) is 4.86. The molecule has 0 aromatic heterocycles. The Kier molecular flexibility index (Phi) is 3.06. The smallest absolute Gasteiger partial charge is 0.166 e. The number of aliphatic hydroxyl groups is 1. The van der Waals surface area contributed by atoms with Gasteiger partial charge in [0.05, 0.1) is 12.5 Å². The van der Waals surface area contributed by atoms with Crippen LogP contribution in [0.2, 0.25) is 0 Å². The zero-order chi connectivity index (χ0) is 15.3. The SMILES string of the molecule is CNCC[C@@]12c3c4ccc(OC)c3O[C@@H]1[C@H](O)C=C[C@@H]2C=C4. The minimum absolute atomic E-state index is 0.217. The molecule has 1 heterocycles. The van der Waals surface area contributed by atoms with Crippen molar-refractivity contribution in [2.45, 2.75) is 24.0 Å². The molecule has 4 atom stereocenters. The lowest BCUT2D eigenvalue weighted by atomic mass is 9.59. The summed E-state index contributed by atoms with van der Waals surface area (Å²) in [7, 11) is 3.62. The van der Waals surface area contributed by atoms with Crippen LogP contribution in [-0.2, 0) is 5.41 Å². The zero-order valence-corrected chi connectivity index (χ0v) is 12.9. The van der Waals surface area contributed by atoms with Crippen molar-refractivity contribution < 1.29 is 14.6 Å². The molecule has 0 radical (unpaired) electrons. The first-order chi connectivity index (χ1) is 10.7. The minimum atomic E-state index is -0.593. The number of benzene rings is 1. The van der Waals surface area contributed by atoms with Crippen molar-refractivity contribution >= 4 is 6.08 Å². The van der Waals surface area contributed by atoms with Gasteiger partial charge in [-0.15, -0.1) is 0 Å². The zero-order valence-electron chi connectivity index (χ0n) is 12.9. The van der Waals surface area contributed by atoms with Gasteiger partial charge < -0.3 is 19.9 Å². The Morgan fingerprint density at radius 3 is 2.95 bits per heavy atom. The molecule has 4 rings (SSSR count). The quantitative estimate of drug-likeness (QED) is 0.834. The fraction of sp³-hybridized carbons (Fsp3) is 0.444. The van der Waals surface area contributed by atoms with Crippen LogP contribution in [0.5, 0.6) is 11.5 Å². The highest BCUT2D eigenvalue weighted by atomic mass is 16.5. The molecule has 1 aromatic carbocycles. The Labute approximate surface area is 130 Å². The van der Waals surface area contributed by atoms with Gasteiger partial charge in [-0.1, -0.05) is 30.4 Å². The van der Waals surface area contributed by atoms with Crippen molar-refractivity contribution in [1.82, 2.24) is 5.32 Å². The largest absolute Gasteiger partial charge is 0.493 e. The molecule has 116 valence electrons. The monoisotopic (exact) mass is 299 g/mol. The lowest BCUT2D eigenvalue weighted by Gasteiger charge is -2.45. The number of nitrogens with one attached hydrogen (secondary N) is 1. The molecular weight excluding hydrogens is 278 g/mol. The van der Waals surface area contributed by atoms with E-state index >= 15 is 0 Å². The molecule has 0 saturated heterocycles. The van der Waals surface area contributed by atoms with Gasteiger partial charge >= 0.3 is 0 Å². The summed E-state index contributed by atoms with van der Waals surface area (Å²) in [5, 5.41) is 13.8. The van der Waals surface area contributed by atoms with E-state index in [-0.39, 0.29) is 17.4 Å². The van der Waals surface area contributed by atoms with E-state index in [1.54, 1.807) is 7.11 Å². The fourth-order valence-electron chi connectivity index (χ4n) is 4.30. The van der Waals surface area contributed by atoms with Gasteiger partial charge in [-0.3, -0.25) is 0 Å². The maximum Gasteiger partial charge on any atom is 0.166 e. The number of hydrogen-bond donors (Lipinski definition) is 2. The van der Waals surface area contributed by atoms with Gasteiger partial charge in [-0.25, -0.2) is 0 Å². The Hall–Kier alpha value is -1.78. The highest BCUT2D eigenvalue weighted by molar-refractivity contribution is 5.71. The van der Waals surface area contributed by atoms with Crippen LogP contribution >= 0.6 is 0 Å². The normalized spacial score (nSPS) is 33.5. The van der Waals surface area contributed by atoms with Crippen LogP contribution in [0.3, 0.4) is 0 Å². The molecule has 2 aliphatic carbocycles. The predicted molar refractivity (Wildman–Crippen MR) is 85.3 cm³/mol. The number of methoxy groups -OCH3 is 1. The van der Waals surface area contributed by atoms with Crippen molar-refractivity contribution in [2.75, 3.05) is 20.7 Å².